The van der Waals surface area contributed by atoms with Crippen molar-refractivity contribution in [1.82, 2.24) is 0 Å². The molecule has 0 amide bonds. The fourth-order valence-corrected chi connectivity index (χ4v) is 2.54. The standard InChI is InChI=1S/C9H6Br2O/c1-5-2-6-3-7(10)4-8(11)9(6)12-5/h2-4H,1H3. The van der Waals surface area contributed by atoms with Crippen molar-refractivity contribution in [2.75, 3.05) is 0 Å². The molecule has 0 unspecified atom stereocenters. The third-order valence-electron chi connectivity index (χ3n) is 1.66. The van der Waals surface area contributed by atoms with E-state index < -0.39 is 0 Å². The van der Waals surface area contributed by atoms with Gasteiger partial charge in [0.1, 0.15) is 11.3 Å². The van der Waals surface area contributed by atoms with E-state index >= 15 is 0 Å². The van der Waals surface area contributed by atoms with Gasteiger partial charge in [-0.25, -0.2) is 0 Å². The summed E-state index contributed by atoms with van der Waals surface area (Å²) in [5, 5.41) is 1.12. The van der Waals surface area contributed by atoms with Crippen LogP contribution in [0.5, 0.6) is 0 Å². The lowest BCUT2D eigenvalue weighted by Gasteiger charge is -1.93. The molecule has 2 aromatic rings. The Balaban J connectivity index is 2.88. The Kier molecular flexibility index (Phi) is 2.00. The molecule has 0 aliphatic carbocycles. The van der Waals surface area contributed by atoms with Gasteiger partial charge in [0, 0.05) is 9.86 Å². The molecule has 0 atom stereocenters. The number of halogens is 2. The van der Waals surface area contributed by atoms with Crippen LogP contribution in [0.2, 0.25) is 0 Å². The van der Waals surface area contributed by atoms with E-state index in [9.17, 15) is 0 Å². The molecule has 1 nitrogen and oxygen atoms in total. The average Bonchev–Trinajstić information content (AvgIpc) is 2.29. The van der Waals surface area contributed by atoms with Gasteiger partial charge in [0.2, 0.25) is 0 Å². The van der Waals surface area contributed by atoms with Crippen LogP contribution in [0.4, 0.5) is 0 Å². The zero-order valence-electron chi connectivity index (χ0n) is 6.40. The van der Waals surface area contributed by atoms with Gasteiger partial charge >= 0.3 is 0 Å². The molecule has 3 heteroatoms. The summed E-state index contributed by atoms with van der Waals surface area (Å²) in [6, 6.07) is 6.03. The summed E-state index contributed by atoms with van der Waals surface area (Å²) in [6.45, 7) is 1.94. The van der Waals surface area contributed by atoms with E-state index in [-0.39, 0.29) is 0 Å². The van der Waals surface area contributed by atoms with Crippen LogP contribution in [0.15, 0.2) is 31.6 Å². The molecular weight excluding hydrogens is 284 g/mol. The lowest BCUT2D eigenvalue weighted by atomic mass is 10.2. The Morgan fingerprint density at radius 2 is 1.92 bits per heavy atom. The monoisotopic (exact) mass is 288 g/mol. The van der Waals surface area contributed by atoms with Crippen LogP contribution < -0.4 is 0 Å². The Morgan fingerprint density at radius 1 is 1.17 bits per heavy atom. The van der Waals surface area contributed by atoms with Gasteiger partial charge in [0.15, 0.2) is 0 Å². The van der Waals surface area contributed by atoms with Gasteiger partial charge in [0.25, 0.3) is 0 Å². The van der Waals surface area contributed by atoms with Crippen molar-refractivity contribution < 1.29 is 4.42 Å². The first kappa shape index (κ1) is 8.32. The molecule has 1 aromatic carbocycles. The van der Waals surface area contributed by atoms with E-state index in [4.69, 9.17) is 4.42 Å². The van der Waals surface area contributed by atoms with E-state index in [1.807, 2.05) is 25.1 Å². The van der Waals surface area contributed by atoms with E-state index in [1.54, 1.807) is 0 Å². The van der Waals surface area contributed by atoms with Gasteiger partial charge in [0.05, 0.1) is 4.47 Å². The summed E-state index contributed by atoms with van der Waals surface area (Å²) in [6.07, 6.45) is 0. The molecule has 0 fully saturated rings. The van der Waals surface area contributed by atoms with Gasteiger partial charge in [-0.05, 0) is 41.1 Å². The Labute approximate surface area is 87.0 Å². The summed E-state index contributed by atoms with van der Waals surface area (Å²) in [4.78, 5) is 0. The van der Waals surface area contributed by atoms with Gasteiger partial charge in [-0.3, -0.25) is 0 Å². The smallest absolute Gasteiger partial charge is 0.148 e. The first-order valence-corrected chi connectivity index (χ1v) is 5.10. The number of hydrogen-bond acceptors (Lipinski definition) is 1. The Bertz CT molecular complexity index is 431. The van der Waals surface area contributed by atoms with E-state index in [0.29, 0.717) is 0 Å². The summed E-state index contributed by atoms with van der Waals surface area (Å²) >= 11 is 6.86. The highest BCUT2D eigenvalue weighted by Gasteiger charge is 2.05. The first-order valence-electron chi connectivity index (χ1n) is 3.52. The summed E-state index contributed by atoms with van der Waals surface area (Å²) < 4.78 is 7.53. The normalized spacial score (nSPS) is 10.9. The SMILES string of the molecule is Cc1cc2cc(Br)cc(Br)c2o1. The lowest BCUT2D eigenvalue weighted by Crippen LogP contribution is -1.68. The number of hydrogen-bond donors (Lipinski definition) is 0. The van der Waals surface area contributed by atoms with Crippen LogP contribution in [0.3, 0.4) is 0 Å². The number of aryl methyl sites for hydroxylation is 1. The van der Waals surface area contributed by atoms with Crippen molar-refractivity contribution in [2.24, 2.45) is 0 Å². The van der Waals surface area contributed by atoms with Crippen LogP contribution in [0.1, 0.15) is 5.76 Å². The third-order valence-corrected chi connectivity index (χ3v) is 2.71. The molecule has 0 bridgehead atoms. The van der Waals surface area contributed by atoms with Gasteiger partial charge in [-0.15, -0.1) is 0 Å². The Morgan fingerprint density at radius 3 is 2.67 bits per heavy atom. The summed E-state index contributed by atoms with van der Waals surface area (Å²) in [7, 11) is 0. The Hall–Kier alpha value is -0.280. The zero-order chi connectivity index (χ0) is 8.72. The highest BCUT2D eigenvalue weighted by molar-refractivity contribution is 9.11. The zero-order valence-corrected chi connectivity index (χ0v) is 9.57. The lowest BCUT2D eigenvalue weighted by molar-refractivity contribution is 0.577. The van der Waals surface area contributed by atoms with Gasteiger partial charge in [-0.2, -0.15) is 0 Å². The van der Waals surface area contributed by atoms with Crippen LogP contribution in [-0.2, 0) is 0 Å². The fourth-order valence-electron chi connectivity index (χ4n) is 1.20. The number of rotatable bonds is 0. The molecule has 62 valence electrons. The summed E-state index contributed by atoms with van der Waals surface area (Å²) in [5.41, 5.74) is 0.913. The van der Waals surface area contributed by atoms with Crippen LogP contribution >= 0.6 is 31.9 Å². The van der Waals surface area contributed by atoms with E-state index in [1.165, 1.54) is 0 Å². The van der Waals surface area contributed by atoms with Crippen molar-refractivity contribution in [3.63, 3.8) is 0 Å². The maximum absolute atomic E-state index is 5.49. The number of fused-ring (bicyclic) bond motifs is 1. The largest absolute Gasteiger partial charge is 0.460 e. The first-order chi connectivity index (χ1) is 5.66. The molecule has 0 radical (unpaired) electrons. The van der Waals surface area contributed by atoms with Crippen LogP contribution in [0.25, 0.3) is 11.0 Å². The molecule has 12 heavy (non-hydrogen) atoms. The van der Waals surface area contributed by atoms with E-state index in [0.717, 1.165) is 25.7 Å². The van der Waals surface area contributed by atoms with Crippen molar-refractivity contribution in [3.05, 3.63) is 32.9 Å². The highest BCUT2D eigenvalue weighted by Crippen LogP contribution is 2.30. The topological polar surface area (TPSA) is 13.1 Å². The average molecular weight is 290 g/mol. The second-order valence-corrected chi connectivity index (χ2v) is 4.43. The molecule has 1 heterocycles. The maximum Gasteiger partial charge on any atom is 0.148 e. The predicted molar refractivity (Wildman–Crippen MR) is 56.4 cm³/mol. The molecule has 0 aliphatic rings. The van der Waals surface area contributed by atoms with Crippen LogP contribution in [-0.4, -0.2) is 0 Å². The minimum Gasteiger partial charge on any atom is -0.460 e. The molecule has 0 N–H and O–H groups in total. The third kappa shape index (κ3) is 1.31. The van der Waals surface area contributed by atoms with E-state index in [2.05, 4.69) is 31.9 Å². The molecule has 0 saturated heterocycles. The maximum atomic E-state index is 5.49. The second kappa shape index (κ2) is 2.89. The number of furan rings is 1. The van der Waals surface area contributed by atoms with Crippen molar-refractivity contribution in [2.45, 2.75) is 6.92 Å². The molecular formula is C9H6Br2O. The molecule has 0 saturated carbocycles. The van der Waals surface area contributed by atoms with Crippen molar-refractivity contribution >= 4 is 42.8 Å². The molecule has 2 rings (SSSR count). The quantitative estimate of drug-likeness (QED) is 0.706. The minimum atomic E-state index is 0.913. The van der Waals surface area contributed by atoms with Gasteiger partial charge < -0.3 is 4.42 Å². The number of benzene rings is 1. The summed E-state index contributed by atoms with van der Waals surface area (Å²) in [5.74, 6) is 0.934. The molecule has 0 aliphatic heterocycles. The predicted octanol–water partition coefficient (Wildman–Crippen LogP) is 4.27. The van der Waals surface area contributed by atoms with Crippen LogP contribution in [0, 0.1) is 6.92 Å². The van der Waals surface area contributed by atoms with Crippen molar-refractivity contribution in [1.29, 1.82) is 0 Å². The van der Waals surface area contributed by atoms with Gasteiger partial charge in [-0.1, -0.05) is 15.9 Å². The highest BCUT2D eigenvalue weighted by atomic mass is 79.9. The second-order valence-electron chi connectivity index (χ2n) is 2.66. The molecule has 0 spiro atoms. The fraction of sp³-hybridized carbons (Fsp3) is 0.111. The molecule has 1 aromatic heterocycles. The minimum absolute atomic E-state index is 0.913. The van der Waals surface area contributed by atoms with Crippen molar-refractivity contribution in [3.8, 4) is 0 Å².